The molecule has 7 heteroatoms. The van der Waals surface area contributed by atoms with Gasteiger partial charge >= 0.3 is 11.8 Å². The van der Waals surface area contributed by atoms with E-state index in [4.69, 9.17) is 0 Å². The fraction of sp³-hybridized carbons (Fsp3) is 0.417. The molecule has 1 heterocycles. The van der Waals surface area contributed by atoms with Crippen molar-refractivity contribution in [3.8, 4) is 0 Å². The van der Waals surface area contributed by atoms with Crippen LogP contribution in [0.5, 0.6) is 0 Å². The fourth-order valence-electron chi connectivity index (χ4n) is 3.71. The monoisotopic (exact) mass is 423 g/mol. The van der Waals surface area contributed by atoms with Crippen molar-refractivity contribution in [3.05, 3.63) is 65.7 Å². The van der Waals surface area contributed by atoms with E-state index in [0.717, 1.165) is 43.0 Å². The van der Waals surface area contributed by atoms with Gasteiger partial charge in [-0.25, -0.2) is 0 Å². The highest BCUT2D eigenvalue weighted by Crippen LogP contribution is 2.24. The van der Waals surface area contributed by atoms with E-state index in [1.54, 1.807) is 0 Å². The molecule has 166 valence electrons. The maximum atomic E-state index is 12.4. The van der Waals surface area contributed by atoms with Gasteiger partial charge in [-0.3, -0.25) is 14.5 Å². The van der Waals surface area contributed by atoms with Gasteiger partial charge in [0.1, 0.15) is 0 Å². The molecule has 0 bridgehead atoms. The largest absolute Gasteiger partial charge is 0.378 e. The van der Waals surface area contributed by atoms with Gasteiger partial charge in [0.25, 0.3) is 0 Å². The Hall–Kier alpha value is -2.90. The summed E-state index contributed by atoms with van der Waals surface area (Å²) >= 11 is 0. The van der Waals surface area contributed by atoms with Crippen molar-refractivity contribution in [3.63, 3.8) is 0 Å². The first-order valence-electron chi connectivity index (χ1n) is 10.7. The molecule has 0 unspecified atom stereocenters. The molecule has 0 saturated carbocycles. The van der Waals surface area contributed by atoms with Crippen LogP contribution in [0.3, 0.4) is 0 Å². The minimum absolute atomic E-state index is 0.0239. The second-order valence-corrected chi connectivity index (χ2v) is 8.22. The maximum Gasteiger partial charge on any atom is 0.309 e. The third-order valence-corrected chi connectivity index (χ3v) is 5.73. The Morgan fingerprint density at radius 3 is 2.13 bits per heavy atom. The first kappa shape index (κ1) is 22.8. The van der Waals surface area contributed by atoms with Crippen molar-refractivity contribution >= 4 is 17.5 Å². The Labute approximate surface area is 185 Å². The summed E-state index contributed by atoms with van der Waals surface area (Å²) in [7, 11) is 6.15. The van der Waals surface area contributed by atoms with Crippen molar-refractivity contribution in [2.75, 3.05) is 58.8 Å². The van der Waals surface area contributed by atoms with Crippen molar-refractivity contribution in [1.29, 1.82) is 0 Å². The summed E-state index contributed by atoms with van der Waals surface area (Å²) in [5.41, 5.74) is 3.23. The highest BCUT2D eigenvalue weighted by molar-refractivity contribution is 6.35. The van der Waals surface area contributed by atoms with E-state index in [2.05, 4.69) is 56.6 Å². The summed E-state index contributed by atoms with van der Waals surface area (Å²) in [6.07, 6.45) is 0. The second-order valence-electron chi connectivity index (χ2n) is 8.22. The zero-order chi connectivity index (χ0) is 22.2. The average molecular weight is 424 g/mol. The lowest BCUT2D eigenvalue weighted by molar-refractivity contribution is -0.139. The fourth-order valence-corrected chi connectivity index (χ4v) is 3.71. The van der Waals surface area contributed by atoms with Crippen LogP contribution in [0.25, 0.3) is 0 Å². The number of nitrogens with one attached hydrogen (secondary N) is 2. The molecule has 0 radical (unpaired) electrons. The number of carbonyl (C=O) groups is 2. The SMILES string of the molecule is CN1CCN([C@@H](CNC(=O)C(=O)NCc2ccccc2)c2ccc(N(C)C)cc2)CC1. The lowest BCUT2D eigenvalue weighted by atomic mass is 10.0. The first-order valence-corrected chi connectivity index (χ1v) is 10.7. The van der Waals surface area contributed by atoms with Crippen LogP contribution in [0.4, 0.5) is 5.69 Å². The predicted octanol–water partition coefficient (Wildman–Crippen LogP) is 1.47. The molecule has 2 aromatic rings. The number of benzene rings is 2. The van der Waals surface area contributed by atoms with E-state index in [0.29, 0.717) is 13.1 Å². The van der Waals surface area contributed by atoms with Gasteiger partial charge in [0.15, 0.2) is 0 Å². The second kappa shape index (κ2) is 10.9. The molecule has 2 amide bonds. The highest BCUT2D eigenvalue weighted by atomic mass is 16.2. The summed E-state index contributed by atoms with van der Waals surface area (Å²) in [5.74, 6) is -1.20. The zero-order valence-corrected chi connectivity index (χ0v) is 18.7. The van der Waals surface area contributed by atoms with E-state index in [1.807, 2.05) is 44.4 Å². The molecule has 0 aromatic heterocycles. The van der Waals surface area contributed by atoms with E-state index < -0.39 is 11.8 Å². The first-order chi connectivity index (χ1) is 14.9. The minimum atomic E-state index is -0.607. The summed E-state index contributed by atoms with van der Waals surface area (Å²) in [4.78, 5) is 31.4. The van der Waals surface area contributed by atoms with Gasteiger partial charge in [0.05, 0.1) is 6.04 Å². The van der Waals surface area contributed by atoms with Crippen LogP contribution in [0.1, 0.15) is 17.2 Å². The van der Waals surface area contributed by atoms with Gasteiger partial charge < -0.3 is 20.4 Å². The number of hydrogen-bond acceptors (Lipinski definition) is 5. The van der Waals surface area contributed by atoms with Gasteiger partial charge in [-0.15, -0.1) is 0 Å². The van der Waals surface area contributed by atoms with Crippen molar-refractivity contribution in [2.24, 2.45) is 0 Å². The summed E-state index contributed by atoms with van der Waals surface area (Å²) in [6.45, 7) is 4.54. The number of carbonyl (C=O) groups excluding carboxylic acids is 2. The lowest BCUT2D eigenvalue weighted by Gasteiger charge is -2.38. The van der Waals surface area contributed by atoms with E-state index in [1.165, 1.54) is 0 Å². The number of rotatable bonds is 7. The smallest absolute Gasteiger partial charge is 0.309 e. The van der Waals surface area contributed by atoms with E-state index in [9.17, 15) is 9.59 Å². The molecule has 2 N–H and O–H groups in total. The molecule has 0 spiro atoms. The van der Waals surface area contributed by atoms with Crippen LogP contribution in [0, 0.1) is 0 Å². The summed E-state index contributed by atoms with van der Waals surface area (Å²) in [6, 6.07) is 18.0. The number of nitrogens with zero attached hydrogens (tertiary/aromatic N) is 3. The number of hydrogen-bond donors (Lipinski definition) is 2. The van der Waals surface area contributed by atoms with Crippen LogP contribution < -0.4 is 15.5 Å². The van der Waals surface area contributed by atoms with Crippen LogP contribution in [-0.4, -0.2) is 75.5 Å². The quantitative estimate of drug-likeness (QED) is 0.661. The van der Waals surface area contributed by atoms with Gasteiger partial charge in [-0.2, -0.15) is 0 Å². The van der Waals surface area contributed by atoms with Crippen LogP contribution in [0.2, 0.25) is 0 Å². The zero-order valence-electron chi connectivity index (χ0n) is 18.7. The number of amides is 2. The summed E-state index contributed by atoms with van der Waals surface area (Å²) < 4.78 is 0. The van der Waals surface area contributed by atoms with Crippen molar-refractivity contribution < 1.29 is 9.59 Å². The normalized spacial score (nSPS) is 15.8. The Morgan fingerprint density at radius 1 is 0.903 bits per heavy atom. The highest BCUT2D eigenvalue weighted by Gasteiger charge is 2.25. The molecule has 3 rings (SSSR count). The van der Waals surface area contributed by atoms with Crippen LogP contribution >= 0.6 is 0 Å². The molecule has 7 nitrogen and oxygen atoms in total. The molecule has 0 aliphatic carbocycles. The third kappa shape index (κ3) is 6.54. The predicted molar refractivity (Wildman–Crippen MR) is 124 cm³/mol. The van der Waals surface area contributed by atoms with Gasteiger partial charge in [-0.1, -0.05) is 42.5 Å². The number of anilines is 1. The van der Waals surface area contributed by atoms with E-state index >= 15 is 0 Å². The molecule has 2 aromatic carbocycles. The molecule has 31 heavy (non-hydrogen) atoms. The number of piperazine rings is 1. The number of likely N-dealkylation sites (N-methyl/N-ethyl adjacent to an activating group) is 1. The Kier molecular flexibility index (Phi) is 8.03. The molecule has 1 aliphatic rings. The van der Waals surface area contributed by atoms with Crippen molar-refractivity contribution in [1.82, 2.24) is 20.4 Å². The van der Waals surface area contributed by atoms with E-state index in [-0.39, 0.29) is 6.04 Å². The van der Waals surface area contributed by atoms with Gasteiger partial charge in [-0.05, 0) is 30.3 Å². The topological polar surface area (TPSA) is 67.9 Å². The molecule has 1 saturated heterocycles. The standard InChI is InChI=1S/C24H33N5O2/c1-27(2)21-11-9-20(10-12-21)22(29-15-13-28(3)14-16-29)18-26-24(31)23(30)25-17-19-7-5-4-6-8-19/h4-12,22H,13-18H2,1-3H3,(H,25,30)(H,26,31)/t22-/m0/s1. The van der Waals surface area contributed by atoms with Gasteiger partial charge in [0, 0.05) is 59.1 Å². The van der Waals surface area contributed by atoms with Crippen LogP contribution in [-0.2, 0) is 16.1 Å². The molecule has 1 atom stereocenters. The third-order valence-electron chi connectivity index (χ3n) is 5.73. The summed E-state index contributed by atoms with van der Waals surface area (Å²) in [5, 5.41) is 5.54. The Balaban J connectivity index is 1.62. The molecular formula is C24H33N5O2. The Bertz CT molecular complexity index is 846. The maximum absolute atomic E-state index is 12.4. The van der Waals surface area contributed by atoms with Crippen LogP contribution in [0.15, 0.2) is 54.6 Å². The molecule has 1 fully saturated rings. The van der Waals surface area contributed by atoms with Crippen molar-refractivity contribution in [2.45, 2.75) is 12.6 Å². The molecule has 1 aliphatic heterocycles. The Morgan fingerprint density at radius 2 is 1.52 bits per heavy atom. The lowest BCUT2D eigenvalue weighted by Crippen LogP contribution is -2.49. The minimum Gasteiger partial charge on any atom is -0.378 e. The molecular weight excluding hydrogens is 390 g/mol. The van der Waals surface area contributed by atoms with Gasteiger partial charge in [0.2, 0.25) is 0 Å². The average Bonchev–Trinajstić information content (AvgIpc) is 2.79.